The number of hydrogen-bond donors (Lipinski definition) is 3. The first-order valence-corrected chi connectivity index (χ1v) is 9.81. The molecule has 0 aliphatic heterocycles. The molecule has 6 heteroatoms. The molecule has 3 N–H and O–H groups in total. The van der Waals surface area contributed by atoms with Crippen LogP contribution in [0.25, 0.3) is 0 Å². The molecule has 144 valence electrons. The Morgan fingerprint density at radius 2 is 1.48 bits per heavy atom. The maximum atomic E-state index is 13.0. The van der Waals surface area contributed by atoms with E-state index in [2.05, 4.69) is 10.6 Å². The Hall–Kier alpha value is -2.37. The van der Waals surface area contributed by atoms with Crippen LogP contribution < -0.4 is 10.6 Å². The van der Waals surface area contributed by atoms with Crippen molar-refractivity contribution in [2.75, 3.05) is 6.54 Å². The van der Waals surface area contributed by atoms with Gasteiger partial charge in [0, 0.05) is 17.5 Å². The van der Waals surface area contributed by atoms with Gasteiger partial charge in [0.15, 0.2) is 0 Å². The summed E-state index contributed by atoms with van der Waals surface area (Å²) in [6.45, 7) is 0.0549. The number of carboxylic acid groups (broad SMARTS) is 1. The van der Waals surface area contributed by atoms with Crippen LogP contribution in [-0.2, 0) is 16.1 Å². The van der Waals surface area contributed by atoms with Crippen molar-refractivity contribution in [2.45, 2.75) is 45.1 Å². The van der Waals surface area contributed by atoms with Crippen molar-refractivity contribution in [1.82, 2.24) is 10.6 Å². The first kappa shape index (κ1) is 18.0. The number of carboxylic acids is 1. The molecule has 0 heterocycles. The summed E-state index contributed by atoms with van der Waals surface area (Å²) in [6.07, 6.45) is 7.10. The van der Waals surface area contributed by atoms with Gasteiger partial charge < -0.3 is 15.7 Å². The summed E-state index contributed by atoms with van der Waals surface area (Å²) in [7, 11) is 0. The van der Waals surface area contributed by atoms with E-state index in [9.17, 15) is 14.4 Å². The zero-order chi connectivity index (χ0) is 19.0. The fourth-order valence-corrected chi connectivity index (χ4v) is 5.79. The third-order valence-electron chi connectivity index (χ3n) is 6.59. The normalized spacial score (nSPS) is 30.7. The summed E-state index contributed by atoms with van der Waals surface area (Å²) >= 11 is 0. The van der Waals surface area contributed by atoms with E-state index < -0.39 is 18.4 Å². The molecule has 0 saturated heterocycles. The standard InChI is InChI=1S/C21H26N2O4/c24-18(25)12-22-19(26)17-3-1-13(2-4-17)11-23-20(27)21-8-14-5-15(9-21)7-16(6-14)10-21/h1-4,14-16H,5-12H2,(H,22,26)(H,23,27)(H,24,25). The minimum absolute atomic E-state index is 0.147. The smallest absolute Gasteiger partial charge is 0.322 e. The fourth-order valence-electron chi connectivity index (χ4n) is 5.79. The van der Waals surface area contributed by atoms with Crippen molar-refractivity contribution in [2.24, 2.45) is 23.2 Å². The van der Waals surface area contributed by atoms with Gasteiger partial charge in [-0.1, -0.05) is 12.1 Å². The van der Waals surface area contributed by atoms with Gasteiger partial charge in [0.1, 0.15) is 6.54 Å². The average molecular weight is 370 g/mol. The second-order valence-electron chi connectivity index (χ2n) is 8.65. The van der Waals surface area contributed by atoms with E-state index in [4.69, 9.17) is 5.11 Å². The molecule has 4 aliphatic carbocycles. The molecule has 0 aromatic heterocycles. The highest BCUT2D eigenvalue weighted by Gasteiger charge is 2.54. The fraction of sp³-hybridized carbons (Fsp3) is 0.571. The summed E-state index contributed by atoms with van der Waals surface area (Å²) in [4.78, 5) is 35.3. The largest absolute Gasteiger partial charge is 0.480 e. The quantitative estimate of drug-likeness (QED) is 0.716. The molecular weight excluding hydrogens is 344 g/mol. The van der Waals surface area contributed by atoms with Crippen LogP contribution in [0.5, 0.6) is 0 Å². The number of aliphatic carboxylic acids is 1. The Morgan fingerprint density at radius 1 is 0.926 bits per heavy atom. The van der Waals surface area contributed by atoms with Gasteiger partial charge in [-0.25, -0.2) is 0 Å². The van der Waals surface area contributed by atoms with Crippen molar-refractivity contribution in [1.29, 1.82) is 0 Å². The summed E-state index contributed by atoms with van der Waals surface area (Å²) < 4.78 is 0. The van der Waals surface area contributed by atoms with Crippen LogP contribution in [0.1, 0.15) is 54.4 Å². The van der Waals surface area contributed by atoms with E-state index in [1.165, 1.54) is 19.3 Å². The number of benzene rings is 1. The zero-order valence-electron chi connectivity index (χ0n) is 15.4. The maximum absolute atomic E-state index is 13.0. The lowest BCUT2D eigenvalue weighted by Gasteiger charge is -2.55. The molecule has 5 rings (SSSR count). The number of carbonyl (C=O) groups excluding carboxylic acids is 2. The number of carbonyl (C=O) groups is 3. The molecule has 2 amide bonds. The van der Waals surface area contributed by atoms with Crippen LogP contribution in [0.4, 0.5) is 0 Å². The third-order valence-corrected chi connectivity index (χ3v) is 6.59. The SMILES string of the molecule is O=C(O)CNC(=O)c1ccc(CNC(=O)C23CC4CC(CC(C4)C2)C3)cc1. The van der Waals surface area contributed by atoms with E-state index in [0.29, 0.717) is 12.1 Å². The minimum atomic E-state index is -1.08. The van der Waals surface area contributed by atoms with Gasteiger partial charge in [-0.2, -0.15) is 0 Å². The molecule has 4 bridgehead atoms. The molecule has 4 fully saturated rings. The molecule has 0 unspecified atom stereocenters. The Bertz CT molecular complexity index is 721. The Balaban J connectivity index is 1.33. The van der Waals surface area contributed by atoms with Gasteiger partial charge in [0.2, 0.25) is 5.91 Å². The molecule has 27 heavy (non-hydrogen) atoms. The molecule has 0 spiro atoms. The highest BCUT2D eigenvalue weighted by molar-refractivity contribution is 5.95. The van der Waals surface area contributed by atoms with E-state index in [0.717, 1.165) is 42.6 Å². The van der Waals surface area contributed by atoms with Gasteiger partial charge >= 0.3 is 5.97 Å². The predicted octanol–water partition coefficient (Wildman–Crippen LogP) is 2.33. The average Bonchev–Trinajstić information content (AvgIpc) is 2.63. The molecule has 1 aromatic carbocycles. The Labute approximate surface area is 158 Å². The lowest BCUT2D eigenvalue weighted by Crippen LogP contribution is -2.53. The van der Waals surface area contributed by atoms with Gasteiger partial charge in [-0.05, 0) is 74.0 Å². The minimum Gasteiger partial charge on any atom is -0.480 e. The summed E-state index contributed by atoms with van der Waals surface area (Å²) in [5, 5.41) is 14.1. The molecule has 4 saturated carbocycles. The highest BCUT2D eigenvalue weighted by atomic mass is 16.4. The molecule has 4 aliphatic rings. The molecule has 0 radical (unpaired) electrons. The van der Waals surface area contributed by atoms with Crippen LogP contribution in [0.3, 0.4) is 0 Å². The maximum Gasteiger partial charge on any atom is 0.322 e. The van der Waals surface area contributed by atoms with Crippen LogP contribution in [-0.4, -0.2) is 29.4 Å². The third kappa shape index (κ3) is 3.70. The topological polar surface area (TPSA) is 95.5 Å². The lowest BCUT2D eigenvalue weighted by molar-refractivity contribution is -0.146. The van der Waals surface area contributed by atoms with Crippen LogP contribution in [0.15, 0.2) is 24.3 Å². The van der Waals surface area contributed by atoms with Crippen molar-refractivity contribution in [3.05, 3.63) is 35.4 Å². The number of amides is 2. The molecular formula is C21H26N2O4. The van der Waals surface area contributed by atoms with Crippen LogP contribution in [0.2, 0.25) is 0 Å². The first-order chi connectivity index (χ1) is 12.9. The predicted molar refractivity (Wildman–Crippen MR) is 98.9 cm³/mol. The zero-order valence-corrected chi connectivity index (χ0v) is 15.4. The summed E-state index contributed by atoms with van der Waals surface area (Å²) in [5.41, 5.74) is 1.20. The number of rotatable bonds is 6. The first-order valence-electron chi connectivity index (χ1n) is 9.81. The molecule has 0 atom stereocenters. The number of nitrogens with one attached hydrogen (secondary N) is 2. The van der Waals surface area contributed by atoms with Crippen molar-refractivity contribution >= 4 is 17.8 Å². The van der Waals surface area contributed by atoms with E-state index in [-0.39, 0.29) is 11.3 Å². The van der Waals surface area contributed by atoms with Crippen molar-refractivity contribution < 1.29 is 19.5 Å². The number of hydrogen-bond acceptors (Lipinski definition) is 3. The van der Waals surface area contributed by atoms with E-state index >= 15 is 0 Å². The lowest BCUT2D eigenvalue weighted by atomic mass is 9.49. The second kappa shape index (κ2) is 6.98. The Kier molecular flexibility index (Phi) is 4.66. The van der Waals surface area contributed by atoms with E-state index in [1.807, 2.05) is 0 Å². The summed E-state index contributed by atoms with van der Waals surface area (Å²) in [6, 6.07) is 6.91. The Morgan fingerprint density at radius 3 is 2.00 bits per heavy atom. The van der Waals surface area contributed by atoms with Crippen LogP contribution >= 0.6 is 0 Å². The highest BCUT2D eigenvalue weighted by Crippen LogP contribution is 2.60. The van der Waals surface area contributed by atoms with Gasteiger partial charge in [-0.3, -0.25) is 14.4 Å². The van der Waals surface area contributed by atoms with Crippen LogP contribution in [0, 0.1) is 23.2 Å². The molecule has 6 nitrogen and oxygen atoms in total. The monoisotopic (exact) mass is 370 g/mol. The van der Waals surface area contributed by atoms with E-state index in [1.54, 1.807) is 24.3 Å². The van der Waals surface area contributed by atoms with Gasteiger partial charge in [0.25, 0.3) is 5.91 Å². The van der Waals surface area contributed by atoms with Crippen molar-refractivity contribution in [3.63, 3.8) is 0 Å². The summed E-state index contributed by atoms with van der Waals surface area (Å²) in [5.74, 6) is 0.931. The van der Waals surface area contributed by atoms with Gasteiger partial charge in [-0.15, -0.1) is 0 Å². The van der Waals surface area contributed by atoms with Crippen molar-refractivity contribution in [3.8, 4) is 0 Å². The van der Waals surface area contributed by atoms with Gasteiger partial charge in [0.05, 0.1) is 0 Å². The second-order valence-corrected chi connectivity index (χ2v) is 8.65. The molecule has 1 aromatic rings.